The summed E-state index contributed by atoms with van der Waals surface area (Å²) in [7, 11) is 0. The van der Waals surface area contributed by atoms with Crippen LogP contribution in [0.25, 0.3) is 0 Å². The van der Waals surface area contributed by atoms with Crippen molar-refractivity contribution >= 4 is 29.7 Å². The van der Waals surface area contributed by atoms with Crippen LogP contribution in [-0.2, 0) is 12.8 Å². The van der Waals surface area contributed by atoms with Gasteiger partial charge >= 0.3 is 0 Å². The van der Waals surface area contributed by atoms with Gasteiger partial charge in [-0.25, -0.2) is 0 Å². The van der Waals surface area contributed by atoms with E-state index in [0.29, 0.717) is 13.1 Å². The van der Waals surface area contributed by atoms with E-state index in [0.717, 1.165) is 30.9 Å². The molecule has 3 rings (SSSR count). The number of hydrogen-bond acceptors (Lipinski definition) is 4. The van der Waals surface area contributed by atoms with Crippen molar-refractivity contribution in [2.45, 2.75) is 32.3 Å². The molecule has 0 spiro atoms. The van der Waals surface area contributed by atoms with Gasteiger partial charge in [0.25, 0.3) is 5.91 Å². The molecule has 2 heterocycles. The van der Waals surface area contributed by atoms with Crippen molar-refractivity contribution in [3.8, 4) is 0 Å². The highest BCUT2D eigenvalue weighted by Crippen LogP contribution is 2.32. The van der Waals surface area contributed by atoms with Gasteiger partial charge in [-0.15, -0.1) is 23.7 Å². The average molecular weight is 331 g/mol. The second kappa shape index (κ2) is 7.09. The topological polar surface area (TPSA) is 61.4 Å². The standard InChI is InChI=1S/C15H22N2O2S.ClH/c1-9-2-3-11-12(8-20-14(11)4-9)15(19)17-6-10-5-16-7-13(10)18;/h8-10,13,16,18H,2-7H2,1H3,(H,17,19);1H. The predicted octanol–water partition coefficient (Wildman–Crippen LogP) is 1.60. The third-order valence-electron chi connectivity index (χ3n) is 4.48. The average Bonchev–Trinajstić information content (AvgIpc) is 3.02. The minimum Gasteiger partial charge on any atom is -0.391 e. The molecule has 3 unspecified atom stereocenters. The Hall–Kier alpha value is -0.620. The predicted molar refractivity (Wildman–Crippen MR) is 87.5 cm³/mol. The normalized spacial score (nSPS) is 27.8. The van der Waals surface area contributed by atoms with E-state index < -0.39 is 0 Å². The molecule has 1 saturated heterocycles. The number of aliphatic hydroxyl groups is 1. The van der Waals surface area contributed by atoms with Crippen LogP contribution in [0.3, 0.4) is 0 Å². The molecule has 0 bridgehead atoms. The molecule has 21 heavy (non-hydrogen) atoms. The number of halogens is 1. The molecule has 1 amide bonds. The monoisotopic (exact) mass is 330 g/mol. The zero-order chi connectivity index (χ0) is 14.1. The first-order valence-electron chi connectivity index (χ1n) is 7.41. The zero-order valence-corrected chi connectivity index (χ0v) is 13.9. The number of fused-ring (bicyclic) bond motifs is 1. The highest BCUT2D eigenvalue weighted by Gasteiger charge is 2.27. The highest BCUT2D eigenvalue weighted by molar-refractivity contribution is 7.10. The van der Waals surface area contributed by atoms with E-state index in [1.165, 1.54) is 16.9 Å². The van der Waals surface area contributed by atoms with Crippen LogP contribution in [0.2, 0.25) is 0 Å². The minimum absolute atomic E-state index is 0. The van der Waals surface area contributed by atoms with Crippen LogP contribution in [0.1, 0.15) is 34.1 Å². The van der Waals surface area contributed by atoms with Crippen LogP contribution < -0.4 is 10.6 Å². The summed E-state index contributed by atoms with van der Waals surface area (Å²) in [6, 6.07) is 0. The summed E-state index contributed by atoms with van der Waals surface area (Å²) < 4.78 is 0. The zero-order valence-electron chi connectivity index (χ0n) is 12.2. The van der Waals surface area contributed by atoms with Crippen molar-refractivity contribution < 1.29 is 9.90 Å². The number of carbonyl (C=O) groups is 1. The lowest BCUT2D eigenvalue weighted by atomic mass is 9.88. The summed E-state index contributed by atoms with van der Waals surface area (Å²) in [5.41, 5.74) is 2.12. The van der Waals surface area contributed by atoms with Gasteiger partial charge in [0.1, 0.15) is 0 Å². The van der Waals surface area contributed by atoms with Crippen LogP contribution in [0.15, 0.2) is 5.38 Å². The van der Waals surface area contributed by atoms with Crippen molar-refractivity contribution in [3.05, 3.63) is 21.4 Å². The first-order chi connectivity index (χ1) is 9.65. The molecule has 0 aromatic carbocycles. The Morgan fingerprint density at radius 2 is 2.33 bits per heavy atom. The van der Waals surface area contributed by atoms with Gasteiger partial charge in [-0.05, 0) is 30.7 Å². The molecule has 6 heteroatoms. The van der Waals surface area contributed by atoms with Gasteiger partial charge in [0.05, 0.1) is 11.7 Å². The van der Waals surface area contributed by atoms with Gasteiger partial charge in [-0.2, -0.15) is 0 Å². The Balaban J connectivity index is 0.00000161. The van der Waals surface area contributed by atoms with E-state index >= 15 is 0 Å². The maximum Gasteiger partial charge on any atom is 0.252 e. The highest BCUT2D eigenvalue weighted by atomic mass is 35.5. The second-order valence-electron chi connectivity index (χ2n) is 6.09. The Kier molecular flexibility index (Phi) is 5.66. The quantitative estimate of drug-likeness (QED) is 0.789. The van der Waals surface area contributed by atoms with Crippen molar-refractivity contribution in [3.63, 3.8) is 0 Å². The number of rotatable bonds is 3. The van der Waals surface area contributed by atoms with Crippen LogP contribution in [0.4, 0.5) is 0 Å². The molecule has 3 atom stereocenters. The van der Waals surface area contributed by atoms with Gasteiger partial charge in [-0.1, -0.05) is 6.92 Å². The number of nitrogens with one attached hydrogen (secondary N) is 2. The summed E-state index contributed by atoms with van der Waals surface area (Å²) in [6.45, 7) is 4.23. The summed E-state index contributed by atoms with van der Waals surface area (Å²) in [5.74, 6) is 0.890. The van der Waals surface area contributed by atoms with Gasteiger partial charge in [0.2, 0.25) is 0 Å². The smallest absolute Gasteiger partial charge is 0.252 e. The van der Waals surface area contributed by atoms with Crippen molar-refractivity contribution in [2.75, 3.05) is 19.6 Å². The van der Waals surface area contributed by atoms with Crippen molar-refractivity contribution in [1.29, 1.82) is 0 Å². The number of carbonyl (C=O) groups excluding carboxylic acids is 1. The van der Waals surface area contributed by atoms with Gasteiger partial charge in [0.15, 0.2) is 0 Å². The number of hydrogen-bond donors (Lipinski definition) is 3. The molecule has 3 N–H and O–H groups in total. The Morgan fingerprint density at radius 3 is 3.05 bits per heavy atom. The minimum atomic E-state index is -0.340. The van der Waals surface area contributed by atoms with Crippen LogP contribution in [-0.4, -0.2) is 36.8 Å². The van der Waals surface area contributed by atoms with E-state index in [1.54, 1.807) is 11.3 Å². The fourth-order valence-electron chi connectivity index (χ4n) is 3.11. The number of amides is 1. The van der Waals surface area contributed by atoms with Gasteiger partial charge in [0, 0.05) is 35.8 Å². The van der Waals surface area contributed by atoms with E-state index in [1.807, 2.05) is 5.38 Å². The maximum atomic E-state index is 12.3. The fraction of sp³-hybridized carbons (Fsp3) is 0.667. The second-order valence-corrected chi connectivity index (χ2v) is 7.06. The first-order valence-corrected chi connectivity index (χ1v) is 8.29. The Bertz CT molecular complexity index is 506. The lowest BCUT2D eigenvalue weighted by Gasteiger charge is -2.19. The molecule has 4 nitrogen and oxygen atoms in total. The van der Waals surface area contributed by atoms with Crippen molar-refractivity contribution in [1.82, 2.24) is 10.6 Å². The molecule has 0 saturated carbocycles. The van der Waals surface area contributed by atoms with Gasteiger partial charge in [-0.3, -0.25) is 4.79 Å². The molecule has 1 aromatic rings. The summed E-state index contributed by atoms with van der Waals surface area (Å²) in [5, 5.41) is 17.9. The molecule has 118 valence electrons. The van der Waals surface area contributed by atoms with Crippen LogP contribution >= 0.6 is 23.7 Å². The number of β-amino-alcohol motifs (C(OH)–C–C–N with tert-alkyl or cyclic N) is 1. The van der Waals surface area contributed by atoms with Crippen LogP contribution in [0, 0.1) is 11.8 Å². The fourth-order valence-corrected chi connectivity index (χ4v) is 4.36. The SMILES string of the molecule is CC1CCc2c(C(=O)NCC3CNCC3O)csc2C1.Cl. The largest absolute Gasteiger partial charge is 0.391 e. The summed E-state index contributed by atoms with van der Waals surface area (Å²) in [6.07, 6.45) is 2.97. The Labute approximate surface area is 135 Å². The number of thiophene rings is 1. The maximum absolute atomic E-state index is 12.3. The van der Waals surface area contributed by atoms with E-state index in [9.17, 15) is 9.90 Å². The lowest BCUT2D eigenvalue weighted by molar-refractivity contribution is 0.0926. The molecule has 0 radical (unpaired) electrons. The molecule has 1 aliphatic heterocycles. The molecule has 1 fully saturated rings. The molecular formula is C15H23ClN2O2S. The molecule has 2 aliphatic rings. The molecule has 1 aromatic heterocycles. The first kappa shape index (κ1) is 16.7. The van der Waals surface area contributed by atoms with Crippen LogP contribution in [0.5, 0.6) is 0 Å². The summed E-state index contributed by atoms with van der Waals surface area (Å²) >= 11 is 1.72. The Morgan fingerprint density at radius 1 is 1.52 bits per heavy atom. The van der Waals surface area contributed by atoms with E-state index in [2.05, 4.69) is 17.6 Å². The van der Waals surface area contributed by atoms with Gasteiger partial charge < -0.3 is 15.7 Å². The lowest BCUT2D eigenvalue weighted by Crippen LogP contribution is -2.34. The number of aliphatic hydroxyl groups excluding tert-OH is 1. The van der Waals surface area contributed by atoms with E-state index in [4.69, 9.17) is 0 Å². The van der Waals surface area contributed by atoms with Crippen molar-refractivity contribution in [2.24, 2.45) is 11.8 Å². The molecule has 1 aliphatic carbocycles. The third kappa shape index (κ3) is 3.59. The van der Waals surface area contributed by atoms with E-state index in [-0.39, 0.29) is 30.3 Å². The third-order valence-corrected chi connectivity index (χ3v) is 5.53. The molecular weight excluding hydrogens is 308 g/mol. The summed E-state index contributed by atoms with van der Waals surface area (Å²) in [4.78, 5) is 13.7.